The van der Waals surface area contributed by atoms with E-state index in [0.717, 1.165) is 30.7 Å². The molecule has 0 bridgehead atoms. The highest BCUT2D eigenvalue weighted by molar-refractivity contribution is 5.20. The topological polar surface area (TPSA) is 21.3 Å². The minimum atomic E-state index is 0.732. The Balaban J connectivity index is 1.65. The molecule has 0 radical (unpaired) electrons. The first-order chi connectivity index (χ1) is 8.90. The van der Waals surface area contributed by atoms with Crippen LogP contribution in [-0.2, 0) is 0 Å². The van der Waals surface area contributed by atoms with Crippen LogP contribution >= 0.6 is 0 Å². The fraction of sp³-hybridized carbons (Fsp3) is 0.625. The van der Waals surface area contributed by atoms with Crippen LogP contribution in [0.5, 0.6) is 5.75 Å². The molecule has 1 saturated carbocycles. The first kappa shape index (κ1) is 13.4. The monoisotopic (exact) mass is 247 g/mol. The molecule has 1 aromatic carbocycles. The Bertz CT molecular complexity index is 325. The van der Waals surface area contributed by atoms with E-state index in [1.54, 1.807) is 0 Å². The van der Waals surface area contributed by atoms with Gasteiger partial charge in [0.25, 0.3) is 0 Å². The molecule has 18 heavy (non-hydrogen) atoms. The lowest BCUT2D eigenvalue weighted by molar-refractivity contribution is 0.231. The molecule has 0 aromatic heterocycles. The Morgan fingerprint density at radius 1 is 1.17 bits per heavy atom. The number of nitrogens with one attached hydrogen (secondary N) is 1. The van der Waals surface area contributed by atoms with Crippen LogP contribution in [0.3, 0.4) is 0 Å². The van der Waals surface area contributed by atoms with Gasteiger partial charge in [0.15, 0.2) is 0 Å². The van der Waals surface area contributed by atoms with Crippen molar-refractivity contribution in [1.82, 2.24) is 5.32 Å². The summed E-state index contributed by atoms with van der Waals surface area (Å²) in [5, 5.41) is 3.47. The van der Waals surface area contributed by atoms with E-state index in [-0.39, 0.29) is 0 Å². The van der Waals surface area contributed by atoms with E-state index in [2.05, 4.69) is 12.4 Å². The van der Waals surface area contributed by atoms with Gasteiger partial charge in [0.1, 0.15) is 5.75 Å². The van der Waals surface area contributed by atoms with Crippen molar-refractivity contribution in [2.45, 2.75) is 44.6 Å². The molecule has 100 valence electrons. The van der Waals surface area contributed by atoms with Crippen molar-refractivity contribution < 1.29 is 4.74 Å². The zero-order chi connectivity index (χ0) is 12.6. The van der Waals surface area contributed by atoms with Crippen molar-refractivity contribution in [3.05, 3.63) is 30.3 Å². The molecule has 2 atom stereocenters. The molecule has 0 spiro atoms. The molecule has 1 N–H and O–H groups in total. The van der Waals surface area contributed by atoms with E-state index >= 15 is 0 Å². The third-order valence-electron chi connectivity index (χ3n) is 4.01. The average molecular weight is 247 g/mol. The molecule has 1 aliphatic carbocycles. The Kier molecular flexibility index (Phi) is 5.53. The van der Waals surface area contributed by atoms with Gasteiger partial charge in [-0.1, -0.05) is 31.0 Å². The highest BCUT2D eigenvalue weighted by Crippen LogP contribution is 2.27. The Labute approximate surface area is 111 Å². The van der Waals surface area contributed by atoms with Crippen LogP contribution in [-0.4, -0.2) is 19.7 Å². The molecule has 2 rings (SSSR count). The van der Waals surface area contributed by atoms with Gasteiger partial charge >= 0.3 is 0 Å². The van der Waals surface area contributed by atoms with Crippen molar-refractivity contribution in [3.8, 4) is 5.75 Å². The van der Waals surface area contributed by atoms with Gasteiger partial charge in [-0.3, -0.25) is 0 Å². The largest absolute Gasteiger partial charge is 0.494 e. The number of hydrogen-bond acceptors (Lipinski definition) is 2. The SMILES string of the molecule is CNC1CCCCC1CCCOc1ccccc1. The van der Waals surface area contributed by atoms with Gasteiger partial charge in [-0.2, -0.15) is 0 Å². The van der Waals surface area contributed by atoms with Crippen LogP contribution in [0.4, 0.5) is 0 Å². The first-order valence-electron chi connectivity index (χ1n) is 7.25. The van der Waals surface area contributed by atoms with Crippen molar-refractivity contribution in [2.75, 3.05) is 13.7 Å². The molecule has 1 fully saturated rings. The Morgan fingerprint density at radius 3 is 2.72 bits per heavy atom. The molecular formula is C16H25NO. The molecule has 1 aromatic rings. The number of benzene rings is 1. The summed E-state index contributed by atoms with van der Waals surface area (Å²) in [6.07, 6.45) is 7.98. The smallest absolute Gasteiger partial charge is 0.119 e. The summed E-state index contributed by atoms with van der Waals surface area (Å²) in [7, 11) is 2.10. The highest BCUT2D eigenvalue weighted by Gasteiger charge is 2.22. The van der Waals surface area contributed by atoms with Crippen LogP contribution < -0.4 is 10.1 Å². The summed E-state index contributed by atoms with van der Waals surface area (Å²) in [6.45, 7) is 0.844. The second kappa shape index (κ2) is 7.42. The summed E-state index contributed by atoms with van der Waals surface area (Å²) < 4.78 is 5.75. The zero-order valence-corrected chi connectivity index (χ0v) is 11.4. The van der Waals surface area contributed by atoms with Gasteiger partial charge in [-0.05, 0) is 50.8 Å². The Hall–Kier alpha value is -1.02. The van der Waals surface area contributed by atoms with Gasteiger partial charge in [0.2, 0.25) is 0 Å². The van der Waals surface area contributed by atoms with E-state index in [4.69, 9.17) is 4.74 Å². The summed E-state index contributed by atoms with van der Waals surface area (Å²) >= 11 is 0. The third kappa shape index (κ3) is 4.02. The molecule has 1 aliphatic rings. The van der Waals surface area contributed by atoms with E-state index in [1.807, 2.05) is 30.3 Å². The summed E-state index contributed by atoms with van der Waals surface area (Å²) in [5.41, 5.74) is 0. The van der Waals surface area contributed by atoms with Crippen LogP contribution in [0.15, 0.2) is 30.3 Å². The highest BCUT2D eigenvalue weighted by atomic mass is 16.5. The molecule has 2 heteroatoms. The maximum atomic E-state index is 5.75. The van der Waals surface area contributed by atoms with Crippen molar-refractivity contribution in [2.24, 2.45) is 5.92 Å². The van der Waals surface area contributed by atoms with Gasteiger partial charge < -0.3 is 10.1 Å². The first-order valence-corrected chi connectivity index (χ1v) is 7.25. The van der Waals surface area contributed by atoms with E-state index < -0.39 is 0 Å². The van der Waals surface area contributed by atoms with Gasteiger partial charge in [-0.25, -0.2) is 0 Å². The van der Waals surface area contributed by atoms with Crippen molar-refractivity contribution in [3.63, 3.8) is 0 Å². The molecule has 0 aliphatic heterocycles. The predicted octanol–water partition coefficient (Wildman–Crippen LogP) is 3.62. The van der Waals surface area contributed by atoms with E-state index in [0.29, 0.717) is 0 Å². The standard InChI is InChI=1S/C16H25NO/c1-17-16-12-6-5-8-14(16)9-7-13-18-15-10-3-2-4-11-15/h2-4,10-11,14,16-17H,5-9,12-13H2,1H3. The molecular weight excluding hydrogens is 222 g/mol. The van der Waals surface area contributed by atoms with Crippen LogP contribution in [0.1, 0.15) is 38.5 Å². The average Bonchev–Trinajstić information content (AvgIpc) is 2.45. The fourth-order valence-corrected chi connectivity index (χ4v) is 2.99. The normalized spacial score (nSPS) is 23.8. The summed E-state index contributed by atoms with van der Waals surface area (Å²) in [4.78, 5) is 0. The van der Waals surface area contributed by atoms with Crippen LogP contribution in [0.25, 0.3) is 0 Å². The van der Waals surface area contributed by atoms with Gasteiger partial charge in [0, 0.05) is 6.04 Å². The maximum Gasteiger partial charge on any atom is 0.119 e. The molecule has 0 heterocycles. The number of ether oxygens (including phenoxy) is 1. The fourth-order valence-electron chi connectivity index (χ4n) is 2.99. The van der Waals surface area contributed by atoms with Crippen LogP contribution in [0.2, 0.25) is 0 Å². The number of hydrogen-bond donors (Lipinski definition) is 1. The second-order valence-electron chi connectivity index (χ2n) is 5.24. The molecule has 0 amide bonds. The number of rotatable bonds is 6. The maximum absolute atomic E-state index is 5.75. The van der Waals surface area contributed by atoms with Crippen molar-refractivity contribution in [1.29, 1.82) is 0 Å². The van der Waals surface area contributed by atoms with E-state index in [9.17, 15) is 0 Å². The van der Waals surface area contributed by atoms with Crippen LogP contribution in [0, 0.1) is 5.92 Å². The minimum Gasteiger partial charge on any atom is -0.494 e. The second-order valence-corrected chi connectivity index (χ2v) is 5.24. The number of para-hydroxylation sites is 1. The molecule has 2 nitrogen and oxygen atoms in total. The van der Waals surface area contributed by atoms with Gasteiger partial charge in [-0.15, -0.1) is 0 Å². The lowest BCUT2D eigenvalue weighted by atomic mass is 9.82. The minimum absolute atomic E-state index is 0.732. The van der Waals surface area contributed by atoms with Gasteiger partial charge in [0.05, 0.1) is 6.61 Å². The summed E-state index contributed by atoms with van der Waals surface area (Å²) in [6, 6.07) is 10.8. The molecule has 0 saturated heterocycles. The predicted molar refractivity (Wildman–Crippen MR) is 76.0 cm³/mol. The zero-order valence-electron chi connectivity index (χ0n) is 11.4. The quantitative estimate of drug-likeness (QED) is 0.775. The van der Waals surface area contributed by atoms with Crippen molar-refractivity contribution >= 4 is 0 Å². The third-order valence-corrected chi connectivity index (χ3v) is 4.01. The Morgan fingerprint density at radius 2 is 1.94 bits per heavy atom. The van der Waals surface area contributed by atoms with E-state index in [1.165, 1.54) is 32.1 Å². The summed E-state index contributed by atoms with van der Waals surface area (Å²) in [5.74, 6) is 1.84. The molecule has 2 unspecified atom stereocenters. The lowest BCUT2D eigenvalue weighted by Gasteiger charge is -2.31. The lowest BCUT2D eigenvalue weighted by Crippen LogP contribution is -2.36.